The molecule has 2 aromatic carbocycles. The molecule has 1 amide bonds. The molecule has 2 N–H and O–H groups in total. The van der Waals surface area contributed by atoms with Crippen LogP contribution in [0.15, 0.2) is 71.3 Å². The van der Waals surface area contributed by atoms with E-state index in [1.807, 2.05) is 61.5 Å². The van der Waals surface area contributed by atoms with E-state index < -0.39 is 0 Å². The van der Waals surface area contributed by atoms with E-state index in [-0.39, 0.29) is 5.91 Å². The molecule has 0 aliphatic carbocycles. The largest absolute Gasteiger partial charge is 0.354 e. The van der Waals surface area contributed by atoms with Crippen molar-refractivity contribution in [1.82, 2.24) is 10.3 Å². The Bertz CT molecular complexity index is 895. The fourth-order valence-electron chi connectivity index (χ4n) is 2.43. The van der Waals surface area contributed by atoms with Crippen molar-refractivity contribution in [1.29, 1.82) is 0 Å². The molecule has 1 heterocycles. The molecule has 3 rings (SSSR count). The van der Waals surface area contributed by atoms with Crippen molar-refractivity contribution in [2.24, 2.45) is 0 Å². The molecule has 1 aromatic heterocycles. The van der Waals surface area contributed by atoms with Crippen LogP contribution in [0.2, 0.25) is 0 Å². The molecule has 0 saturated carbocycles. The number of anilines is 2. The highest BCUT2D eigenvalue weighted by Gasteiger charge is 2.09. The number of carbonyl (C=O) groups excluding carboxylic acids is 1. The normalized spacial score (nSPS) is 10.3. The van der Waals surface area contributed by atoms with Crippen LogP contribution in [0.1, 0.15) is 21.6 Å². The number of aryl methyl sites for hydroxylation is 1. The molecule has 0 radical (unpaired) electrons. The van der Waals surface area contributed by atoms with Crippen molar-refractivity contribution in [2.45, 2.75) is 13.5 Å². The Balaban J connectivity index is 1.69. The zero-order valence-electron chi connectivity index (χ0n) is 13.8. The van der Waals surface area contributed by atoms with E-state index in [1.165, 1.54) is 0 Å². The molecule has 3 aromatic rings. The van der Waals surface area contributed by atoms with Crippen LogP contribution < -0.4 is 10.6 Å². The van der Waals surface area contributed by atoms with Gasteiger partial charge in [-0.15, -0.1) is 0 Å². The first-order valence-electron chi connectivity index (χ1n) is 7.94. The summed E-state index contributed by atoms with van der Waals surface area (Å²) in [6, 6.07) is 19.4. The predicted octanol–water partition coefficient (Wildman–Crippen LogP) is 4.83. The van der Waals surface area contributed by atoms with Crippen molar-refractivity contribution in [2.75, 3.05) is 5.32 Å². The highest BCUT2D eigenvalue weighted by Crippen LogP contribution is 2.25. The molecular weight excluding hydrogens is 378 g/mol. The Morgan fingerprint density at radius 1 is 1.08 bits per heavy atom. The van der Waals surface area contributed by atoms with Gasteiger partial charge in [0.25, 0.3) is 5.91 Å². The lowest BCUT2D eigenvalue weighted by atomic mass is 10.1. The van der Waals surface area contributed by atoms with Crippen molar-refractivity contribution >= 4 is 33.2 Å². The molecule has 0 spiro atoms. The number of carbonyl (C=O) groups is 1. The third-order valence-corrected chi connectivity index (χ3v) is 4.54. The maximum absolute atomic E-state index is 12.4. The summed E-state index contributed by atoms with van der Waals surface area (Å²) in [6.45, 7) is 2.51. The second kappa shape index (κ2) is 7.94. The van der Waals surface area contributed by atoms with Gasteiger partial charge in [0.05, 0.1) is 5.69 Å². The van der Waals surface area contributed by atoms with E-state index in [9.17, 15) is 4.79 Å². The maximum atomic E-state index is 12.4. The lowest BCUT2D eigenvalue weighted by molar-refractivity contribution is 0.0946. The molecule has 0 fully saturated rings. The first-order chi connectivity index (χ1) is 12.1. The number of aromatic nitrogens is 1. The average Bonchev–Trinajstić information content (AvgIpc) is 2.63. The Morgan fingerprint density at radius 2 is 1.84 bits per heavy atom. The molecule has 0 aliphatic rings. The van der Waals surface area contributed by atoms with Crippen LogP contribution in [0.25, 0.3) is 0 Å². The molecule has 0 atom stereocenters. The molecular formula is C20H18BrN3O. The number of hydrogen-bond donors (Lipinski definition) is 2. The fraction of sp³-hybridized carbons (Fsp3) is 0.100. The van der Waals surface area contributed by atoms with E-state index in [4.69, 9.17) is 0 Å². The van der Waals surface area contributed by atoms with E-state index in [1.54, 1.807) is 12.3 Å². The smallest absolute Gasteiger partial charge is 0.270 e. The molecule has 5 heteroatoms. The maximum Gasteiger partial charge on any atom is 0.270 e. The number of pyridine rings is 1. The summed E-state index contributed by atoms with van der Waals surface area (Å²) in [7, 11) is 0. The summed E-state index contributed by atoms with van der Waals surface area (Å²) in [4.78, 5) is 16.6. The van der Waals surface area contributed by atoms with Crippen molar-refractivity contribution in [3.8, 4) is 0 Å². The molecule has 126 valence electrons. The summed E-state index contributed by atoms with van der Waals surface area (Å²) in [5.41, 5.74) is 4.37. The van der Waals surface area contributed by atoms with E-state index in [2.05, 4.69) is 31.5 Å². The summed E-state index contributed by atoms with van der Waals surface area (Å²) < 4.78 is 0.956. The predicted molar refractivity (Wildman–Crippen MR) is 104 cm³/mol. The van der Waals surface area contributed by atoms with Gasteiger partial charge in [-0.25, -0.2) is 0 Å². The highest BCUT2D eigenvalue weighted by atomic mass is 79.9. The molecule has 0 saturated heterocycles. The van der Waals surface area contributed by atoms with Crippen molar-refractivity contribution in [3.05, 3.63) is 88.2 Å². The molecule has 0 bridgehead atoms. The minimum absolute atomic E-state index is 0.195. The minimum atomic E-state index is -0.195. The van der Waals surface area contributed by atoms with Gasteiger partial charge in [0.2, 0.25) is 0 Å². The number of nitrogens with zero attached hydrogens (tertiary/aromatic N) is 1. The number of para-hydroxylation sites is 1. The monoisotopic (exact) mass is 395 g/mol. The molecule has 0 aliphatic heterocycles. The fourth-order valence-corrected chi connectivity index (χ4v) is 2.81. The van der Waals surface area contributed by atoms with E-state index in [0.717, 1.165) is 27.0 Å². The second-order valence-corrected chi connectivity index (χ2v) is 6.50. The summed E-state index contributed by atoms with van der Waals surface area (Å²) in [6.07, 6.45) is 1.63. The standard InChI is InChI=1S/C20H18BrN3O/c1-14-6-2-3-7-15(14)13-23-20(25)19-12-16(10-11-22-19)24-18-9-5-4-8-17(18)21/h2-12H,13H2,1H3,(H,22,24)(H,23,25). The van der Waals surface area contributed by atoms with Gasteiger partial charge in [0.1, 0.15) is 5.69 Å². The number of amides is 1. The zero-order valence-corrected chi connectivity index (χ0v) is 15.4. The lowest BCUT2D eigenvalue weighted by Gasteiger charge is -2.10. The third-order valence-electron chi connectivity index (χ3n) is 3.85. The Labute approximate surface area is 155 Å². The Kier molecular flexibility index (Phi) is 5.46. The van der Waals surface area contributed by atoms with Gasteiger partial charge in [-0.05, 0) is 58.2 Å². The van der Waals surface area contributed by atoms with Gasteiger partial charge in [0, 0.05) is 22.9 Å². The van der Waals surface area contributed by atoms with Crippen LogP contribution >= 0.6 is 15.9 Å². The highest BCUT2D eigenvalue weighted by molar-refractivity contribution is 9.10. The van der Waals surface area contributed by atoms with Gasteiger partial charge >= 0.3 is 0 Å². The van der Waals surface area contributed by atoms with Crippen LogP contribution in [0, 0.1) is 6.92 Å². The van der Waals surface area contributed by atoms with E-state index >= 15 is 0 Å². The van der Waals surface area contributed by atoms with Gasteiger partial charge in [-0.3, -0.25) is 9.78 Å². The van der Waals surface area contributed by atoms with Gasteiger partial charge in [-0.1, -0.05) is 36.4 Å². The minimum Gasteiger partial charge on any atom is -0.354 e. The SMILES string of the molecule is Cc1ccccc1CNC(=O)c1cc(Nc2ccccc2Br)ccn1. The second-order valence-electron chi connectivity index (χ2n) is 5.64. The average molecular weight is 396 g/mol. The van der Waals surface area contributed by atoms with Crippen LogP contribution in [0.3, 0.4) is 0 Å². The Hall–Kier alpha value is -2.66. The van der Waals surface area contributed by atoms with Gasteiger partial charge in [-0.2, -0.15) is 0 Å². The van der Waals surface area contributed by atoms with Crippen molar-refractivity contribution < 1.29 is 4.79 Å². The van der Waals surface area contributed by atoms with E-state index in [0.29, 0.717) is 12.2 Å². The van der Waals surface area contributed by atoms with Gasteiger partial charge in [0.15, 0.2) is 0 Å². The number of rotatable bonds is 5. The molecule has 0 unspecified atom stereocenters. The quantitative estimate of drug-likeness (QED) is 0.650. The number of nitrogens with one attached hydrogen (secondary N) is 2. The molecule has 25 heavy (non-hydrogen) atoms. The number of halogens is 1. The Morgan fingerprint density at radius 3 is 2.64 bits per heavy atom. The first kappa shape index (κ1) is 17.2. The third kappa shape index (κ3) is 4.45. The summed E-state index contributed by atoms with van der Waals surface area (Å²) >= 11 is 3.50. The van der Waals surface area contributed by atoms with Crippen LogP contribution in [-0.4, -0.2) is 10.9 Å². The topological polar surface area (TPSA) is 54.0 Å². The lowest BCUT2D eigenvalue weighted by Crippen LogP contribution is -2.24. The van der Waals surface area contributed by atoms with Gasteiger partial charge < -0.3 is 10.6 Å². The summed E-state index contributed by atoms with van der Waals surface area (Å²) in [5.74, 6) is -0.195. The van der Waals surface area contributed by atoms with Crippen LogP contribution in [0.5, 0.6) is 0 Å². The molecule has 4 nitrogen and oxygen atoms in total. The summed E-state index contributed by atoms with van der Waals surface area (Å²) in [5, 5.41) is 6.20. The van der Waals surface area contributed by atoms with Crippen molar-refractivity contribution in [3.63, 3.8) is 0 Å². The zero-order chi connectivity index (χ0) is 17.6. The first-order valence-corrected chi connectivity index (χ1v) is 8.73. The van der Waals surface area contributed by atoms with Crippen LogP contribution in [0.4, 0.5) is 11.4 Å². The number of hydrogen-bond acceptors (Lipinski definition) is 3. The van der Waals surface area contributed by atoms with Crippen LogP contribution in [-0.2, 0) is 6.54 Å². The number of benzene rings is 2.